The van der Waals surface area contributed by atoms with Gasteiger partial charge < -0.3 is 52.8 Å². The number of aromatic nitrogens is 2. The molecule has 0 saturated carbocycles. The van der Waals surface area contributed by atoms with Crippen LogP contribution < -0.4 is 47.9 Å². The van der Waals surface area contributed by atoms with Gasteiger partial charge in [-0.3, -0.25) is 24.0 Å². The molecular formula is C48H61N11O7. The van der Waals surface area contributed by atoms with Crippen molar-refractivity contribution in [3.8, 4) is 40.1 Å². The first-order valence-corrected chi connectivity index (χ1v) is 22.0. The van der Waals surface area contributed by atoms with E-state index in [4.69, 9.17) is 31.9 Å². The number of nitrogens with two attached hydrogens (primary N) is 3. The van der Waals surface area contributed by atoms with Gasteiger partial charge in [-0.15, -0.1) is 0 Å². The number of ether oxygens (including phenoxy) is 2. The number of rotatable bonds is 17. The molecule has 2 heterocycles. The molecule has 18 nitrogen and oxygen atoms in total. The molecule has 1 aliphatic heterocycles. The molecule has 5 rings (SSSR count). The molecule has 4 atom stereocenters. The maximum atomic E-state index is 14.7. The maximum Gasteiger partial charge on any atom is 0.255 e. The number of nitrogens with zero attached hydrogens (tertiary/aromatic N) is 4. The predicted molar refractivity (Wildman–Crippen MR) is 249 cm³/mol. The Morgan fingerprint density at radius 1 is 0.879 bits per heavy atom. The fourth-order valence-corrected chi connectivity index (χ4v) is 7.80. The van der Waals surface area contributed by atoms with E-state index in [2.05, 4.69) is 45.1 Å². The van der Waals surface area contributed by atoms with E-state index in [1.807, 2.05) is 30.3 Å². The zero-order chi connectivity index (χ0) is 48.1. The third kappa shape index (κ3) is 12.4. The number of carbonyl (C=O) groups is 5. The van der Waals surface area contributed by atoms with Crippen molar-refractivity contribution in [2.24, 2.45) is 23.1 Å². The molecule has 4 bridgehead atoms. The summed E-state index contributed by atoms with van der Waals surface area (Å²) < 4.78 is 12.2. The number of aryl methyl sites for hydroxylation is 2. The number of amides is 5. The summed E-state index contributed by atoms with van der Waals surface area (Å²) in [5.74, 6) is -1.61. The van der Waals surface area contributed by atoms with E-state index in [1.54, 1.807) is 50.2 Å². The Balaban J connectivity index is 1.56. The molecule has 1 aliphatic rings. The molecule has 10 N–H and O–H groups in total. The molecule has 0 spiro atoms. The molecule has 5 amide bonds. The highest BCUT2D eigenvalue weighted by Gasteiger charge is 2.36. The van der Waals surface area contributed by atoms with E-state index in [0.717, 1.165) is 12.0 Å². The zero-order valence-corrected chi connectivity index (χ0v) is 38.4. The second-order valence-electron chi connectivity index (χ2n) is 16.6. The molecular weight excluding hydrogens is 843 g/mol. The average Bonchev–Trinajstić information content (AvgIpc) is 3.28. The lowest BCUT2D eigenvalue weighted by molar-refractivity contribution is -0.141. The minimum absolute atomic E-state index is 0.00115. The number of nitriles is 1. The molecule has 0 radical (unpaired) electrons. The normalized spacial score (nSPS) is 16.5. The van der Waals surface area contributed by atoms with Crippen molar-refractivity contribution in [2.45, 2.75) is 78.0 Å². The molecule has 1 aromatic heterocycles. The van der Waals surface area contributed by atoms with Gasteiger partial charge >= 0.3 is 0 Å². The highest BCUT2D eigenvalue weighted by Crippen LogP contribution is 2.40. The van der Waals surface area contributed by atoms with Gasteiger partial charge in [-0.25, -0.2) is 9.97 Å². The van der Waals surface area contributed by atoms with Crippen molar-refractivity contribution in [2.75, 3.05) is 46.4 Å². The van der Waals surface area contributed by atoms with Crippen LogP contribution in [0.5, 0.6) is 11.5 Å². The second-order valence-corrected chi connectivity index (χ2v) is 16.6. The van der Waals surface area contributed by atoms with Crippen LogP contribution in [-0.2, 0) is 32.0 Å². The van der Waals surface area contributed by atoms with Crippen LogP contribution in [0.1, 0.15) is 71.7 Å². The summed E-state index contributed by atoms with van der Waals surface area (Å²) in [6.07, 6.45) is 0.939. The Labute approximate surface area is 385 Å². The molecule has 3 aromatic carbocycles. The van der Waals surface area contributed by atoms with Gasteiger partial charge in [0, 0.05) is 43.2 Å². The molecule has 350 valence electrons. The molecule has 1 unspecified atom stereocenters. The molecule has 18 heteroatoms. The first-order chi connectivity index (χ1) is 31.6. The lowest BCUT2D eigenvalue weighted by Gasteiger charge is -2.32. The number of likely N-dealkylation sites (N-methyl/N-ethyl adjacent to an activating group) is 1. The summed E-state index contributed by atoms with van der Waals surface area (Å²) in [6, 6.07) is 15.0. The average molecular weight is 904 g/mol. The third-order valence-electron chi connectivity index (χ3n) is 11.0. The van der Waals surface area contributed by atoms with Crippen LogP contribution in [0, 0.1) is 31.1 Å². The van der Waals surface area contributed by atoms with Crippen LogP contribution in [0.4, 0.5) is 0 Å². The summed E-state index contributed by atoms with van der Waals surface area (Å²) in [6.45, 7) is 9.52. The summed E-state index contributed by atoms with van der Waals surface area (Å²) in [5.41, 5.74) is 22.6. The van der Waals surface area contributed by atoms with Gasteiger partial charge in [-0.05, 0) is 87.0 Å². The number of hydrogen-bond acceptors (Lipinski definition) is 13. The molecule has 0 fully saturated rings. The van der Waals surface area contributed by atoms with Gasteiger partial charge in [0.25, 0.3) is 5.91 Å². The predicted octanol–water partition coefficient (Wildman–Crippen LogP) is 2.13. The lowest BCUT2D eigenvalue weighted by atomic mass is 9.93. The third-order valence-corrected chi connectivity index (χ3v) is 11.0. The monoisotopic (exact) mass is 903 g/mol. The number of benzene rings is 3. The zero-order valence-electron chi connectivity index (χ0n) is 38.4. The highest BCUT2D eigenvalue weighted by atomic mass is 16.5. The Bertz CT molecular complexity index is 2410. The Morgan fingerprint density at radius 2 is 1.50 bits per heavy atom. The van der Waals surface area contributed by atoms with Crippen LogP contribution >= 0.6 is 0 Å². The van der Waals surface area contributed by atoms with Crippen molar-refractivity contribution in [3.05, 3.63) is 94.3 Å². The van der Waals surface area contributed by atoms with Crippen molar-refractivity contribution >= 4 is 29.5 Å². The van der Waals surface area contributed by atoms with Gasteiger partial charge in [-0.1, -0.05) is 50.2 Å². The van der Waals surface area contributed by atoms with Crippen molar-refractivity contribution in [3.63, 3.8) is 0 Å². The van der Waals surface area contributed by atoms with Crippen molar-refractivity contribution in [1.29, 1.82) is 5.26 Å². The fraction of sp³-hybridized carbons (Fsp3) is 0.417. The SMILES string of the molecule is Cc1nc(-c2ccc(CC(C)C)cc2)nc(C)c1C(=O)NC(CCN)C(=O)N(C)[C@@H]1C(=O)N[C@@H](C)C(=O)N[C@H](C(=O)NCC#N)Cc2ccc(OCCN)c(c2)-c2cc1ccc2OCCN. The summed E-state index contributed by atoms with van der Waals surface area (Å²) in [7, 11) is 1.42. The van der Waals surface area contributed by atoms with Gasteiger partial charge in [0.1, 0.15) is 55.4 Å². The largest absolute Gasteiger partial charge is 0.492 e. The lowest BCUT2D eigenvalue weighted by Crippen LogP contribution is -2.56. The number of carbonyl (C=O) groups excluding carboxylic acids is 5. The molecule has 0 aliphatic carbocycles. The number of hydrogen-bond donors (Lipinski definition) is 7. The first-order valence-electron chi connectivity index (χ1n) is 22.0. The van der Waals surface area contributed by atoms with E-state index in [0.29, 0.717) is 56.9 Å². The molecule has 0 saturated heterocycles. The van der Waals surface area contributed by atoms with Gasteiger partial charge in [0.2, 0.25) is 23.6 Å². The van der Waals surface area contributed by atoms with Gasteiger partial charge in [-0.2, -0.15) is 5.26 Å². The fourth-order valence-electron chi connectivity index (χ4n) is 7.80. The number of fused-ring (bicyclic) bond motifs is 5. The van der Waals surface area contributed by atoms with Crippen LogP contribution in [0.15, 0.2) is 60.7 Å². The van der Waals surface area contributed by atoms with Crippen LogP contribution in [-0.4, -0.2) is 109 Å². The Hall–Kier alpha value is -6.94. The molecule has 4 aromatic rings. The van der Waals surface area contributed by atoms with Crippen LogP contribution in [0.2, 0.25) is 0 Å². The smallest absolute Gasteiger partial charge is 0.255 e. The van der Waals surface area contributed by atoms with E-state index >= 15 is 0 Å². The van der Waals surface area contributed by atoms with Gasteiger partial charge in [0.05, 0.1) is 23.0 Å². The Kier molecular flexibility index (Phi) is 17.7. The van der Waals surface area contributed by atoms with Crippen molar-refractivity contribution < 1.29 is 33.4 Å². The van der Waals surface area contributed by atoms with E-state index in [1.165, 1.54) is 24.4 Å². The van der Waals surface area contributed by atoms with E-state index in [-0.39, 0.29) is 57.8 Å². The first kappa shape index (κ1) is 50.1. The van der Waals surface area contributed by atoms with Gasteiger partial charge in [0.15, 0.2) is 5.82 Å². The topological polar surface area (TPSA) is 283 Å². The summed E-state index contributed by atoms with van der Waals surface area (Å²) in [5, 5.41) is 19.9. The Morgan fingerprint density at radius 3 is 2.09 bits per heavy atom. The van der Waals surface area contributed by atoms with E-state index < -0.39 is 53.7 Å². The molecule has 66 heavy (non-hydrogen) atoms. The standard InChI is InChI=1S/C48H61N11O7/c1-27(2)23-31-7-10-33(11-8-31)43-54-28(3)41(29(4)55-43)46(62)57-37(15-16-49)48(64)59(6)42-34-12-14-40(66-22-19-52)36(26-34)35-24-32(9-13-39(35)65-21-18-51)25-38(45(61)53-20-17-50)58-44(60)30(5)56-47(42)63/h7-14,24,26-27,30,37-38,42H,15-16,18-23,25,49,51-52H2,1-6H3,(H,53,61)(H,56,63)(H,57,62)(H,58,60)/t30-,37?,38-,42-/m0/s1. The second kappa shape index (κ2) is 23.3. The minimum atomic E-state index is -1.40. The quantitative estimate of drug-likeness (QED) is 0.0749. The summed E-state index contributed by atoms with van der Waals surface area (Å²) in [4.78, 5) is 81.0. The highest BCUT2D eigenvalue weighted by molar-refractivity contribution is 6.00. The summed E-state index contributed by atoms with van der Waals surface area (Å²) >= 11 is 0. The number of nitrogens with one attached hydrogen (secondary N) is 4. The maximum absolute atomic E-state index is 14.7. The van der Waals surface area contributed by atoms with Crippen LogP contribution in [0.3, 0.4) is 0 Å². The van der Waals surface area contributed by atoms with E-state index in [9.17, 15) is 24.0 Å². The minimum Gasteiger partial charge on any atom is -0.492 e. The van der Waals surface area contributed by atoms with Crippen LogP contribution in [0.25, 0.3) is 22.5 Å². The van der Waals surface area contributed by atoms with Crippen molar-refractivity contribution in [1.82, 2.24) is 36.1 Å².